The number of nitrogens with two attached hydrogens (primary N) is 1. The molecule has 2 rings (SSSR count). The zero-order valence-electron chi connectivity index (χ0n) is 10.9. The maximum absolute atomic E-state index is 12.4. The summed E-state index contributed by atoms with van der Waals surface area (Å²) in [5.41, 5.74) is 5.98. The molecule has 0 saturated carbocycles. The average Bonchev–Trinajstić information content (AvgIpc) is 2.86. The van der Waals surface area contributed by atoms with Crippen LogP contribution < -0.4 is 11.1 Å². The van der Waals surface area contributed by atoms with E-state index in [9.17, 15) is 22.0 Å². The summed E-state index contributed by atoms with van der Waals surface area (Å²) in [6.07, 6.45) is 3.95. The lowest BCUT2D eigenvalue weighted by molar-refractivity contribution is -0.118. The first-order chi connectivity index (χ1) is 9.80. The summed E-state index contributed by atoms with van der Waals surface area (Å²) in [7, 11) is -4.62. The molecule has 1 amide bonds. The fourth-order valence-corrected chi connectivity index (χ4v) is 2.71. The van der Waals surface area contributed by atoms with Gasteiger partial charge in [0.2, 0.25) is 15.7 Å². The summed E-state index contributed by atoms with van der Waals surface area (Å²) in [6, 6.07) is 4.46. The van der Waals surface area contributed by atoms with Crippen LogP contribution >= 0.6 is 0 Å². The van der Waals surface area contributed by atoms with E-state index in [4.69, 9.17) is 5.73 Å². The van der Waals surface area contributed by atoms with Gasteiger partial charge >= 0.3 is 5.76 Å². The van der Waals surface area contributed by atoms with Crippen LogP contribution in [0.4, 0.5) is 14.5 Å². The lowest BCUT2D eigenvalue weighted by Crippen LogP contribution is -2.24. The molecule has 1 aliphatic rings. The fraction of sp³-hybridized carbons (Fsp3) is 0.308. The Morgan fingerprint density at radius 3 is 2.33 bits per heavy atom. The number of carbonyl (C=O) groups is 1. The highest BCUT2D eigenvalue weighted by Gasteiger charge is 2.26. The maximum Gasteiger partial charge on any atom is 0.341 e. The Balaban J connectivity index is 2.07. The number of carbonyl (C=O) groups excluding carboxylic acids is 1. The van der Waals surface area contributed by atoms with Crippen molar-refractivity contribution < 1.29 is 22.0 Å². The third kappa shape index (κ3) is 3.45. The molecule has 1 aromatic carbocycles. The van der Waals surface area contributed by atoms with Crippen molar-refractivity contribution in [2.45, 2.75) is 23.1 Å². The average molecular weight is 316 g/mol. The van der Waals surface area contributed by atoms with Crippen molar-refractivity contribution in [1.82, 2.24) is 0 Å². The van der Waals surface area contributed by atoms with Gasteiger partial charge in [-0.25, -0.2) is 8.42 Å². The summed E-state index contributed by atoms with van der Waals surface area (Å²) < 4.78 is 47.2. The van der Waals surface area contributed by atoms with Crippen molar-refractivity contribution in [2.75, 3.05) is 5.32 Å². The Kier molecular flexibility index (Phi) is 4.38. The molecule has 2 atom stereocenters. The summed E-state index contributed by atoms with van der Waals surface area (Å²) >= 11 is 0. The first-order valence-electron chi connectivity index (χ1n) is 6.17. The fourth-order valence-electron chi connectivity index (χ4n) is 1.99. The van der Waals surface area contributed by atoms with E-state index in [1.165, 1.54) is 12.1 Å². The number of benzene rings is 1. The molecule has 3 N–H and O–H groups in total. The van der Waals surface area contributed by atoms with E-state index in [0.717, 1.165) is 12.1 Å². The van der Waals surface area contributed by atoms with Gasteiger partial charge in [-0.15, -0.1) is 0 Å². The molecule has 0 bridgehead atoms. The van der Waals surface area contributed by atoms with E-state index in [0.29, 0.717) is 12.1 Å². The van der Waals surface area contributed by atoms with Gasteiger partial charge < -0.3 is 11.1 Å². The standard InChI is InChI=1S/C13H14F2N2O3S/c14-13(15)21(19,20)11-5-3-10(4-6-11)17-12(18)8-1-2-9(16)7-8/h1-6,8-9,13H,7,16H2,(H,17,18). The molecule has 2 unspecified atom stereocenters. The third-order valence-corrected chi connectivity index (χ3v) is 4.54. The Morgan fingerprint density at radius 2 is 1.86 bits per heavy atom. The number of anilines is 1. The minimum absolute atomic E-state index is 0.153. The summed E-state index contributed by atoms with van der Waals surface area (Å²) in [6.45, 7) is 0. The number of rotatable bonds is 4. The zero-order valence-corrected chi connectivity index (χ0v) is 11.7. The quantitative estimate of drug-likeness (QED) is 0.824. The monoisotopic (exact) mass is 316 g/mol. The second-order valence-electron chi connectivity index (χ2n) is 4.71. The van der Waals surface area contributed by atoms with Crippen molar-refractivity contribution in [3.05, 3.63) is 36.4 Å². The van der Waals surface area contributed by atoms with E-state index >= 15 is 0 Å². The normalized spacial score (nSPS) is 21.7. The molecule has 5 nitrogen and oxygen atoms in total. The van der Waals surface area contributed by atoms with Crippen LogP contribution in [0, 0.1) is 5.92 Å². The molecule has 0 heterocycles. The van der Waals surface area contributed by atoms with Gasteiger partial charge in [0, 0.05) is 11.7 Å². The van der Waals surface area contributed by atoms with Gasteiger partial charge in [-0.1, -0.05) is 12.2 Å². The van der Waals surface area contributed by atoms with Gasteiger partial charge in [-0.05, 0) is 30.7 Å². The topological polar surface area (TPSA) is 89.3 Å². The number of sulfone groups is 1. The Hall–Kier alpha value is -1.80. The van der Waals surface area contributed by atoms with Gasteiger partial charge in [0.25, 0.3) is 0 Å². The molecular weight excluding hydrogens is 302 g/mol. The predicted molar refractivity (Wildman–Crippen MR) is 73.5 cm³/mol. The van der Waals surface area contributed by atoms with Gasteiger partial charge in [-0.2, -0.15) is 8.78 Å². The lowest BCUT2D eigenvalue weighted by Gasteiger charge is -2.11. The number of nitrogens with one attached hydrogen (secondary N) is 1. The molecule has 0 saturated heterocycles. The first-order valence-corrected chi connectivity index (χ1v) is 7.72. The van der Waals surface area contributed by atoms with Crippen LogP contribution in [0.5, 0.6) is 0 Å². The number of hydrogen-bond donors (Lipinski definition) is 2. The van der Waals surface area contributed by atoms with Crippen LogP contribution in [0.1, 0.15) is 6.42 Å². The van der Waals surface area contributed by atoms with Crippen LogP contribution in [-0.4, -0.2) is 26.1 Å². The molecule has 114 valence electrons. The van der Waals surface area contributed by atoms with E-state index in [1.54, 1.807) is 12.2 Å². The van der Waals surface area contributed by atoms with Gasteiger partial charge in [0.1, 0.15) is 0 Å². The molecule has 0 fully saturated rings. The smallest absolute Gasteiger partial charge is 0.326 e. The van der Waals surface area contributed by atoms with Crippen molar-refractivity contribution in [2.24, 2.45) is 11.7 Å². The highest BCUT2D eigenvalue weighted by molar-refractivity contribution is 7.91. The molecule has 1 aliphatic carbocycles. The van der Waals surface area contributed by atoms with Crippen LogP contribution in [0.15, 0.2) is 41.3 Å². The largest absolute Gasteiger partial charge is 0.341 e. The maximum atomic E-state index is 12.4. The van der Waals surface area contributed by atoms with Crippen LogP contribution in [-0.2, 0) is 14.6 Å². The molecular formula is C13H14F2N2O3S. The number of amides is 1. The predicted octanol–water partition coefficient (Wildman–Crippen LogP) is 1.52. The Morgan fingerprint density at radius 1 is 1.24 bits per heavy atom. The van der Waals surface area contributed by atoms with Crippen molar-refractivity contribution >= 4 is 21.4 Å². The van der Waals surface area contributed by atoms with E-state index in [-0.39, 0.29) is 17.9 Å². The van der Waals surface area contributed by atoms with E-state index in [2.05, 4.69) is 5.32 Å². The summed E-state index contributed by atoms with van der Waals surface area (Å²) in [5, 5.41) is 2.58. The number of halogens is 2. The Bertz CT molecular complexity index is 656. The molecule has 21 heavy (non-hydrogen) atoms. The van der Waals surface area contributed by atoms with Gasteiger partial charge in [-0.3, -0.25) is 4.79 Å². The minimum atomic E-state index is -4.62. The molecule has 8 heteroatoms. The van der Waals surface area contributed by atoms with Crippen LogP contribution in [0.2, 0.25) is 0 Å². The second-order valence-corrected chi connectivity index (χ2v) is 6.63. The van der Waals surface area contributed by atoms with Crippen molar-refractivity contribution in [3.63, 3.8) is 0 Å². The van der Waals surface area contributed by atoms with Crippen LogP contribution in [0.25, 0.3) is 0 Å². The van der Waals surface area contributed by atoms with Gasteiger partial charge in [0.05, 0.1) is 10.8 Å². The van der Waals surface area contributed by atoms with Gasteiger partial charge in [0.15, 0.2) is 0 Å². The first kappa shape index (κ1) is 15.6. The number of hydrogen-bond acceptors (Lipinski definition) is 4. The van der Waals surface area contributed by atoms with E-state index in [1.807, 2.05) is 0 Å². The molecule has 0 aromatic heterocycles. The Labute approximate surface area is 120 Å². The summed E-state index contributed by atoms with van der Waals surface area (Å²) in [5.74, 6) is -4.09. The lowest BCUT2D eigenvalue weighted by atomic mass is 10.1. The second kappa shape index (κ2) is 5.90. The molecule has 1 aromatic rings. The highest BCUT2D eigenvalue weighted by Crippen LogP contribution is 2.22. The molecule has 0 radical (unpaired) electrons. The summed E-state index contributed by atoms with van der Waals surface area (Å²) in [4.78, 5) is 11.4. The third-order valence-electron chi connectivity index (χ3n) is 3.14. The number of alkyl halides is 2. The zero-order chi connectivity index (χ0) is 15.6. The SMILES string of the molecule is NC1C=CC(C(=O)Nc2ccc(S(=O)(=O)C(F)F)cc2)C1. The van der Waals surface area contributed by atoms with Crippen molar-refractivity contribution in [3.8, 4) is 0 Å². The highest BCUT2D eigenvalue weighted by atomic mass is 32.2. The minimum Gasteiger partial charge on any atom is -0.326 e. The van der Waals surface area contributed by atoms with Crippen LogP contribution in [0.3, 0.4) is 0 Å². The van der Waals surface area contributed by atoms with E-state index < -0.39 is 20.5 Å². The molecule has 0 spiro atoms. The van der Waals surface area contributed by atoms with Crippen molar-refractivity contribution in [1.29, 1.82) is 0 Å². The molecule has 0 aliphatic heterocycles.